The Hall–Kier alpha value is -0.900. The van der Waals surface area contributed by atoms with E-state index < -0.39 is 0 Å². The van der Waals surface area contributed by atoms with E-state index in [2.05, 4.69) is 5.32 Å². The molecule has 1 heterocycles. The summed E-state index contributed by atoms with van der Waals surface area (Å²) < 4.78 is 5.19. The van der Waals surface area contributed by atoms with Gasteiger partial charge in [-0.25, -0.2) is 0 Å². The van der Waals surface area contributed by atoms with Crippen LogP contribution in [0.1, 0.15) is 26.2 Å². The second kappa shape index (κ2) is 3.05. The number of methoxy groups -OCH3 is 1. The molecular formula is C10H15NO3. The summed E-state index contributed by atoms with van der Waals surface area (Å²) in [6.07, 6.45) is 2.38. The van der Waals surface area contributed by atoms with Gasteiger partial charge >= 0.3 is 0 Å². The molecule has 78 valence electrons. The molecule has 1 aliphatic carbocycles. The number of carbonyl (C=O) groups excluding carboxylic acids is 2. The van der Waals surface area contributed by atoms with Crippen LogP contribution in [0.5, 0.6) is 0 Å². The zero-order chi connectivity index (χ0) is 10.3. The van der Waals surface area contributed by atoms with Gasteiger partial charge in [0, 0.05) is 19.4 Å². The molecule has 2 amide bonds. The quantitative estimate of drug-likeness (QED) is 0.621. The Morgan fingerprint density at radius 1 is 1.43 bits per heavy atom. The predicted molar refractivity (Wildman–Crippen MR) is 49.4 cm³/mol. The summed E-state index contributed by atoms with van der Waals surface area (Å²) in [4.78, 5) is 22.7. The third kappa shape index (κ3) is 1.25. The maximum atomic E-state index is 11.4. The summed E-state index contributed by atoms with van der Waals surface area (Å²) in [5.41, 5.74) is -0.111. The van der Waals surface area contributed by atoms with E-state index in [1.807, 2.05) is 6.92 Å². The molecule has 4 nitrogen and oxygen atoms in total. The van der Waals surface area contributed by atoms with Crippen LogP contribution in [0.25, 0.3) is 0 Å². The topological polar surface area (TPSA) is 55.4 Å². The summed E-state index contributed by atoms with van der Waals surface area (Å²) in [5.74, 6) is -0.329. The largest absolute Gasteiger partial charge is 0.381 e. The van der Waals surface area contributed by atoms with E-state index in [0.29, 0.717) is 6.42 Å². The Morgan fingerprint density at radius 3 is 2.64 bits per heavy atom. The zero-order valence-electron chi connectivity index (χ0n) is 8.50. The fourth-order valence-corrected chi connectivity index (χ4v) is 2.55. The highest BCUT2D eigenvalue weighted by Gasteiger charge is 2.54. The average Bonchev–Trinajstić information content (AvgIpc) is 2.07. The molecule has 1 saturated heterocycles. The maximum absolute atomic E-state index is 11.4. The van der Waals surface area contributed by atoms with Crippen LogP contribution in [0.15, 0.2) is 0 Å². The van der Waals surface area contributed by atoms with Crippen LogP contribution < -0.4 is 5.32 Å². The molecule has 1 saturated carbocycles. The van der Waals surface area contributed by atoms with Crippen LogP contribution in [0.3, 0.4) is 0 Å². The molecule has 1 atom stereocenters. The lowest BCUT2D eigenvalue weighted by molar-refractivity contribution is -0.157. The highest BCUT2D eigenvalue weighted by atomic mass is 16.5. The van der Waals surface area contributed by atoms with Gasteiger partial charge in [0.25, 0.3) is 0 Å². The normalized spacial score (nSPS) is 42.1. The Kier molecular flexibility index (Phi) is 2.10. The highest BCUT2D eigenvalue weighted by Crippen LogP contribution is 2.52. The number of hydrogen-bond acceptors (Lipinski definition) is 3. The summed E-state index contributed by atoms with van der Waals surface area (Å²) in [6, 6.07) is 0. The van der Waals surface area contributed by atoms with Crippen LogP contribution in [-0.2, 0) is 14.3 Å². The first-order chi connectivity index (χ1) is 6.57. The number of ether oxygens (including phenoxy) is 1. The number of imide groups is 1. The van der Waals surface area contributed by atoms with Crippen molar-refractivity contribution >= 4 is 11.8 Å². The number of rotatable bonds is 1. The van der Waals surface area contributed by atoms with E-state index in [9.17, 15) is 9.59 Å². The molecule has 1 spiro atoms. The summed E-state index contributed by atoms with van der Waals surface area (Å²) in [6.45, 7) is 1.90. The van der Waals surface area contributed by atoms with Crippen LogP contribution in [0, 0.1) is 11.3 Å². The molecule has 1 aliphatic heterocycles. The van der Waals surface area contributed by atoms with Gasteiger partial charge in [-0.2, -0.15) is 0 Å². The van der Waals surface area contributed by atoms with Crippen LogP contribution in [0.4, 0.5) is 0 Å². The molecule has 2 rings (SSSR count). The minimum atomic E-state index is -0.136. The van der Waals surface area contributed by atoms with Crippen molar-refractivity contribution in [3.63, 3.8) is 0 Å². The first-order valence-corrected chi connectivity index (χ1v) is 4.94. The Morgan fingerprint density at radius 2 is 2.07 bits per heavy atom. The number of nitrogens with one attached hydrogen (secondary N) is 1. The van der Waals surface area contributed by atoms with Gasteiger partial charge in [0.15, 0.2) is 0 Å². The molecule has 0 aromatic rings. The standard InChI is InChI=1S/C10H15NO3/c1-6-9(13)11-8(12)5-10(6)3-7(4-10)14-2/h6-7H,3-5H2,1-2H3,(H,11,12,13). The van der Waals surface area contributed by atoms with Crippen molar-refractivity contribution in [2.75, 3.05) is 7.11 Å². The highest BCUT2D eigenvalue weighted by molar-refractivity contribution is 5.99. The summed E-state index contributed by atoms with van der Waals surface area (Å²) in [5, 5.41) is 2.37. The van der Waals surface area contributed by atoms with Crippen molar-refractivity contribution in [3.05, 3.63) is 0 Å². The average molecular weight is 197 g/mol. The maximum Gasteiger partial charge on any atom is 0.229 e. The van der Waals surface area contributed by atoms with Gasteiger partial charge in [0.2, 0.25) is 11.8 Å². The molecule has 0 aromatic heterocycles. The molecule has 1 N–H and O–H groups in total. The van der Waals surface area contributed by atoms with Crippen molar-refractivity contribution in [2.45, 2.75) is 32.3 Å². The lowest BCUT2D eigenvalue weighted by Gasteiger charge is -2.51. The van der Waals surface area contributed by atoms with Crippen LogP contribution in [-0.4, -0.2) is 25.0 Å². The van der Waals surface area contributed by atoms with Gasteiger partial charge in [-0.1, -0.05) is 6.92 Å². The molecule has 2 aliphatic rings. The first kappa shape index (κ1) is 9.65. The summed E-state index contributed by atoms with van der Waals surface area (Å²) >= 11 is 0. The predicted octanol–water partition coefficient (Wildman–Crippen LogP) is 0.464. The second-order valence-corrected chi connectivity index (χ2v) is 4.44. The third-order valence-electron chi connectivity index (χ3n) is 3.69. The van der Waals surface area contributed by atoms with E-state index in [-0.39, 0.29) is 29.3 Å². The van der Waals surface area contributed by atoms with E-state index in [1.165, 1.54) is 0 Å². The van der Waals surface area contributed by atoms with E-state index in [0.717, 1.165) is 12.8 Å². The van der Waals surface area contributed by atoms with Crippen LogP contribution >= 0.6 is 0 Å². The molecular weight excluding hydrogens is 182 g/mol. The van der Waals surface area contributed by atoms with Gasteiger partial charge in [-0.15, -0.1) is 0 Å². The monoisotopic (exact) mass is 197 g/mol. The second-order valence-electron chi connectivity index (χ2n) is 4.44. The van der Waals surface area contributed by atoms with Gasteiger partial charge in [-0.3, -0.25) is 14.9 Å². The number of carbonyl (C=O) groups is 2. The van der Waals surface area contributed by atoms with Gasteiger partial charge in [0.1, 0.15) is 0 Å². The van der Waals surface area contributed by atoms with Crippen molar-refractivity contribution in [2.24, 2.45) is 11.3 Å². The van der Waals surface area contributed by atoms with Crippen LogP contribution in [0.2, 0.25) is 0 Å². The fraction of sp³-hybridized carbons (Fsp3) is 0.800. The zero-order valence-corrected chi connectivity index (χ0v) is 8.50. The molecule has 0 bridgehead atoms. The molecule has 14 heavy (non-hydrogen) atoms. The van der Waals surface area contributed by atoms with Crippen molar-refractivity contribution in [1.29, 1.82) is 0 Å². The van der Waals surface area contributed by atoms with E-state index in [4.69, 9.17) is 4.74 Å². The van der Waals surface area contributed by atoms with Crippen molar-refractivity contribution in [3.8, 4) is 0 Å². The van der Waals surface area contributed by atoms with Gasteiger partial charge < -0.3 is 4.74 Å². The van der Waals surface area contributed by atoms with Crippen molar-refractivity contribution < 1.29 is 14.3 Å². The summed E-state index contributed by atoms with van der Waals surface area (Å²) in [7, 11) is 1.67. The van der Waals surface area contributed by atoms with Gasteiger partial charge in [0.05, 0.1) is 6.10 Å². The van der Waals surface area contributed by atoms with E-state index in [1.54, 1.807) is 7.11 Å². The number of hydrogen-bond donors (Lipinski definition) is 1. The smallest absolute Gasteiger partial charge is 0.229 e. The lowest BCUT2D eigenvalue weighted by atomic mass is 9.56. The van der Waals surface area contributed by atoms with Crippen molar-refractivity contribution in [1.82, 2.24) is 5.32 Å². The Labute approximate surface area is 83.0 Å². The minimum absolute atomic E-state index is 0.0633. The SMILES string of the molecule is COC1CC2(CC(=O)NC(=O)C2C)C1. The Balaban J connectivity index is 2.11. The number of amides is 2. The molecule has 2 fully saturated rings. The molecule has 0 radical (unpaired) electrons. The first-order valence-electron chi connectivity index (χ1n) is 4.94. The lowest BCUT2D eigenvalue weighted by Crippen LogP contribution is -2.58. The van der Waals surface area contributed by atoms with E-state index >= 15 is 0 Å². The Bertz CT molecular complexity index is 281. The molecule has 4 heteroatoms. The molecule has 1 unspecified atom stereocenters. The fourth-order valence-electron chi connectivity index (χ4n) is 2.55. The van der Waals surface area contributed by atoms with Gasteiger partial charge in [-0.05, 0) is 18.3 Å². The number of piperidine rings is 1. The minimum Gasteiger partial charge on any atom is -0.381 e. The molecule has 0 aromatic carbocycles. The third-order valence-corrected chi connectivity index (χ3v) is 3.69.